The lowest BCUT2D eigenvalue weighted by atomic mass is 9.99. The quantitative estimate of drug-likeness (QED) is 0.0232. The zero-order chi connectivity index (χ0) is 48.0. The van der Waals surface area contributed by atoms with Crippen LogP contribution in [0.25, 0.3) is 0 Å². The van der Waals surface area contributed by atoms with E-state index in [1.807, 2.05) is 6.08 Å². The van der Waals surface area contributed by atoms with Gasteiger partial charge >= 0.3 is 0 Å². The topological polar surface area (TPSA) is 169 Å². The Hall–Kier alpha value is -1.11. The molecular formula is C56H109NO9. The van der Waals surface area contributed by atoms with Crippen molar-refractivity contribution in [3.05, 3.63) is 12.2 Å². The van der Waals surface area contributed by atoms with E-state index in [0.29, 0.717) is 13.0 Å². The third kappa shape index (κ3) is 36.8. The van der Waals surface area contributed by atoms with E-state index in [4.69, 9.17) is 14.6 Å². The van der Waals surface area contributed by atoms with Gasteiger partial charge in [-0.05, 0) is 25.7 Å². The maximum Gasteiger partial charge on any atom is 0.220 e. The molecule has 0 unspecified atom stereocenters. The van der Waals surface area contributed by atoms with E-state index in [9.17, 15) is 30.3 Å². The summed E-state index contributed by atoms with van der Waals surface area (Å²) in [6.45, 7) is 1.86. The standard InChI is InChI=1S/C56H109NO9/c1-2-3-4-5-6-7-8-9-23-26-29-32-35-38-41-44-50(60)49(48-65-56-55(64)54(63)53(62)51(47-59)66-56)57-52(61)45-42-39-36-33-30-27-24-21-19-17-15-13-11-10-12-14-16-18-20-22-25-28-31-34-37-40-43-46-58/h41,44,49-51,53-56,58-60,62-64H,2-40,42-43,45-48H2,1H3,(H,57,61)/b44-41+/t49-,50+,51+,53+,54-,55+,56+/m0/s1. The van der Waals surface area contributed by atoms with Crippen LogP contribution in [0, 0.1) is 0 Å². The van der Waals surface area contributed by atoms with Gasteiger partial charge in [-0.1, -0.05) is 257 Å². The number of hydrogen-bond donors (Lipinski definition) is 7. The molecule has 0 spiro atoms. The Bertz CT molecular complexity index is 1050. The number of aliphatic hydroxyl groups is 6. The first-order valence-corrected chi connectivity index (χ1v) is 28.5. The molecule has 0 saturated carbocycles. The van der Waals surface area contributed by atoms with Crippen molar-refractivity contribution >= 4 is 5.91 Å². The number of nitrogens with one attached hydrogen (secondary N) is 1. The number of carbonyl (C=O) groups is 1. The van der Waals surface area contributed by atoms with Crippen LogP contribution in [0.5, 0.6) is 0 Å². The van der Waals surface area contributed by atoms with Crippen LogP contribution >= 0.6 is 0 Å². The molecule has 1 fully saturated rings. The van der Waals surface area contributed by atoms with Crippen LogP contribution in [0.4, 0.5) is 0 Å². The average molecular weight is 940 g/mol. The molecule has 392 valence electrons. The van der Waals surface area contributed by atoms with Gasteiger partial charge in [-0.25, -0.2) is 0 Å². The Balaban J connectivity index is 2.16. The number of unbranched alkanes of at least 4 members (excludes halogenated alkanes) is 39. The fourth-order valence-corrected chi connectivity index (χ4v) is 9.37. The van der Waals surface area contributed by atoms with Gasteiger partial charge in [-0.3, -0.25) is 4.79 Å². The zero-order valence-corrected chi connectivity index (χ0v) is 42.9. The van der Waals surface area contributed by atoms with E-state index in [1.165, 1.54) is 218 Å². The van der Waals surface area contributed by atoms with Gasteiger partial charge in [0.1, 0.15) is 24.4 Å². The lowest BCUT2D eigenvalue weighted by Crippen LogP contribution is -2.60. The minimum absolute atomic E-state index is 0.174. The zero-order valence-electron chi connectivity index (χ0n) is 42.9. The van der Waals surface area contributed by atoms with Gasteiger partial charge in [-0.2, -0.15) is 0 Å². The Kier molecular flexibility index (Phi) is 45.3. The first-order chi connectivity index (χ1) is 32.3. The van der Waals surface area contributed by atoms with E-state index in [1.54, 1.807) is 6.08 Å². The lowest BCUT2D eigenvalue weighted by Gasteiger charge is -2.40. The second-order valence-electron chi connectivity index (χ2n) is 20.2. The van der Waals surface area contributed by atoms with Crippen molar-refractivity contribution in [2.24, 2.45) is 0 Å². The summed E-state index contributed by atoms with van der Waals surface area (Å²) >= 11 is 0. The Morgan fingerprint density at radius 2 is 0.879 bits per heavy atom. The van der Waals surface area contributed by atoms with Crippen LogP contribution in [-0.4, -0.2) is 99.2 Å². The summed E-state index contributed by atoms with van der Waals surface area (Å²) in [5.74, 6) is -0.174. The summed E-state index contributed by atoms with van der Waals surface area (Å²) in [5, 5.41) is 63.3. The molecule has 0 aliphatic carbocycles. The fraction of sp³-hybridized carbons (Fsp3) is 0.946. The second-order valence-corrected chi connectivity index (χ2v) is 20.2. The molecule has 66 heavy (non-hydrogen) atoms. The molecule has 10 nitrogen and oxygen atoms in total. The molecule has 0 bridgehead atoms. The molecular weight excluding hydrogens is 831 g/mol. The van der Waals surface area contributed by atoms with Crippen molar-refractivity contribution in [2.45, 2.75) is 319 Å². The minimum Gasteiger partial charge on any atom is -0.396 e. The molecule has 0 aromatic rings. The number of rotatable bonds is 50. The molecule has 0 aromatic carbocycles. The third-order valence-electron chi connectivity index (χ3n) is 13.9. The van der Waals surface area contributed by atoms with E-state index >= 15 is 0 Å². The van der Waals surface area contributed by atoms with Gasteiger partial charge in [0.2, 0.25) is 5.91 Å². The molecule has 1 aliphatic heterocycles. The molecule has 1 saturated heterocycles. The van der Waals surface area contributed by atoms with Crippen LogP contribution in [0.1, 0.15) is 277 Å². The van der Waals surface area contributed by atoms with Crippen molar-refractivity contribution < 1.29 is 44.9 Å². The van der Waals surface area contributed by atoms with E-state index in [-0.39, 0.29) is 12.5 Å². The van der Waals surface area contributed by atoms with Gasteiger partial charge in [0.25, 0.3) is 0 Å². The van der Waals surface area contributed by atoms with Gasteiger partial charge < -0.3 is 45.4 Å². The summed E-state index contributed by atoms with van der Waals surface area (Å²) in [5.41, 5.74) is 0. The molecule has 1 amide bonds. The summed E-state index contributed by atoms with van der Waals surface area (Å²) in [7, 11) is 0. The SMILES string of the molecule is CCCCCCCCCCCCCCC/C=C/[C@@H](O)[C@H](CO[C@@H]1O[C@H](CO)[C@@H](O)[C@H](O)[C@H]1O)NC(=O)CCCCCCCCCCCCCCCCCCCCCCCCCCCCCO. The van der Waals surface area contributed by atoms with Gasteiger partial charge in [0.15, 0.2) is 6.29 Å². The predicted molar refractivity (Wildman–Crippen MR) is 273 cm³/mol. The summed E-state index contributed by atoms with van der Waals surface area (Å²) in [4.78, 5) is 13.0. The molecule has 7 atom stereocenters. The number of aliphatic hydroxyl groups excluding tert-OH is 6. The van der Waals surface area contributed by atoms with E-state index in [2.05, 4.69) is 12.2 Å². The largest absolute Gasteiger partial charge is 0.396 e. The molecule has 0 radical (unpaired) electrons. The highest BCUT2D eigenvalue weighted by Crippen LogP contribution is 2.23. The number of hydrogen-bond acceptors (Lipinski definition) is 9. The maximum atomic E-state index is 13.0. The summed E-state index contributed by atoms with van der Waals surface area (Å²) < 4.78 is 11.3. The fourth-order valence-electron chi connectivity index (χ4n) is 9.37. The number of allylic oxidation sites excluding steroid dienone is 1. The highest BCUT2D eigenvalue weighted by molar-refractivity contribution is 5.76. The van der Waals surface area contributed by atoms with Crippen LogP contribution in [0.15, 0.2) is 12.2 Å². The van der Waals surface area contributed by atoms with Crippen molar-refractivity contribution in [3.8, 4) is 0 Å². The second kappa shape index (κ2) is 47.6. The van der Waals surface area contributed by atoms with Crippen molar-refractivity contribution in [1.82, 2.24) is 5.32 Å². The predicted octanol–water partition coefficient (Wildman–Crippen LogP) is 12.6. The normalized spacial score (nSPS) is 19.8. The Morgan fingerprint density at radius 3 is 1.26 bits per heavy atom. The monoisotopic (exact) mass is 940 g/mol. The third-order valence-corrected chi connectivity index (χ3v) is 13.9. The van der Waals surface area contributed by atoms with Gasteiger partial charge in [0.05, 0.1) is 25.4 Å². The first-order valence-electron chi connectivity index (χ1n) is 28.5. The van der Waals surface area contributed by atoms with E-state index in [0.717, 1.165) is 44.9 Å². The van der Waals surface area contributed by atoms with Crippen LogP contribution in [0.2, 0.25) is 0 Å². The Labute approximate surface area is 406 Å². The van der Waals surface area contributed by atoms with Crippen molar-refractivity contribution in [3.63, 3.8) is 0 Å². The summed E-state index contributed by atoms with van der Waals surface area (Å²) in [6.07, 6.45) is 48.6. The highest BCUT2D eigenvalue weighted by atomic mass is 16.7. The number of carbonyl (C=O) groups excluding carboxylic acids is 1. The minimum atomic E-state index is -1.57. The molecule has 1 rings (SSSR count). The molecule has 10 heteroatoms. The maximum absolute atomic E-state index is 13.0. The first kappa shape index (κ1) is 62.9. The number of ether oxygens (including phenoxy) is 2. The number of amides is 1. The van der Waals surface area contributed by atoms with Crippen LogP contribution < -0.4 is 5.32 Å². The molecule has 7 N–H and O–H groups in total. The van der Waals surface area contributed by atoms with Crippen LogP contribution in [0.3, 0.4) is 0 Å². The average Bonchev–Trinajstić information content (AvgIpc) is 3.32. The van der Waals surface area contributed by atoms with Crippen molar-refractivity contribution in [2.75, 3.05) is 19.8 Å². The smallest absolute Gasteiger partial charge is 0.220 e. The summed E-state index contributed by atoms with van der Waals surface area (Å²) in [6, 6.07) is -0.803. The van der Waals surface area contributed by atoms with Crippen molar-refractivity contribution in [1.29, 1.82) is 0 Å². The lowest BCUT2D eigenvalue weighted by molar-refractivity contribution is -0.302. The van der Waals surface area contributed by atoms with Gasteiger partial charge in [0, 0.05) is 13.0 Å². The Morgan fingerprint density at radius 1 is 0.515 bits per heavy atom. The highest BCUT2D eigenvalue weighted by Gasteiger charge is 2.44. The molecule has 0 aromatic heterocycles. The van der Waals surface area contributed by atoms with E-state index < -0.39 is 49.5 Å². The molecule has 1 heterocycles. The van der Waals surface area contributed by atoms with Crippen LogP contribution in [-0.2, 0) is 14.3 Å². The van der Waals surface area contributed by atoms with Gasteiger partial charge in [-0.15, -0.1) is 0 Å². The molecule has 1 aliphatic rings.